The van der Waals surface area contributed by atoms with Gasteiger partial charge in [0.2, 0.25) is 5.91 Å². The lowest BCUT2D eigenvalue weighted by Gasteiger charge is -2.25. The summed E-state index contributed by atoms with van der Waals surface area (Å²) in [6, 6.07) is 13.3. The van der Waals surface area contributed by atoms with Crippen LogP contribution in [0.15, 0.2) is 48.5 Å². The SMILES string of the molecule is CN(C)[C@H](CNC(=O)c1ccc(N2CCCC2=O)cc1)c1cccc(F)c1. The van der Waals surface area contributed by atoms with Crippen LogP contribution in [-0.2, 0) is 4.79 Å². The summed E-state index contributed by atoms with van der Waals surface area (Å²) in [5.74, 6) is -0.369. The number of carbonyl (C=O) groups is 2. The average molecular weight is 369 g/mol. The number of halogens is 1. The third kappa shape index (κ3) is 4.52. The van der Waals surface area contributed by atoms with Crippen LogP contribution in [-0.4, -0.2) is 43.9 Å². The van der Waals surface area contributed by atoms with Gasteiger partial charge in [0.05, 0.1) is 6.04 Å². The molecule has 1 N–H and O–H groups in total. The summed E-state index contributed by atoms with van der Waals surface area (Å²) >= 11 is 0. The number of carbonyl (C=O) groups excluding carboxylic acids is 2. The molecule has 0 unspecified atom stereocenters. The van der Waals surface area contributed by atoms with Gasteiger partial charge in [0.25, 0.3) is 5.91 Å². The maximum Gasteiger partial charge on any atom is 0.251 e. The van der Waals surface area contributed by atoms with Crippen LogP contribution in [0, 0.1) is 5.82 Å². The number of hydrogen-bond acceptors (Lipinski definition) is 3. The maximum absolute atomic E-state index is 13.5. The van der Waals surface area contributed by atoms with Crippen LogP contribution in [0.1, 0.15) is 34.8 Å². The molecule has 0 saturated carbocycles. The maximum atomic E-state index is 13.5. The summed E-state index contributed by atoms with van der Waals surface area (Å²) in [7, 11) is 3.78. The van der Waals surface area contributed by atoms with Crippen LogP contribution in [0.4, 0.5) is 10.1 Å². The van der Waals surface area contributed by atoms with E-state index in [4.69, 9.17) is 0 Å². The first-order chi connectivity index (χ1) is 13.0. The normalized spacial score (nSPS) is 15.3. The van der Waals surface area contributed by atoms with E-state index in [1.807, 2.05) is 25.1 Å². The van der Waals surface area contributed by atoms with Gasteiger partial charge >= 0.3 is 0 Å². The van der Waals surface area contributed by atoms with E-state index in [0.29, 0.717) is 18.5 Å². The topological polar surface area (TPSA) is 52.7 Å². The Bertz CT molecular complexity index is 820. The molecule has 1 aliphatic heterocycles. The fourth-order valence-electron chi connectivity index (χ4n) is 3.32. The predicted octanol–water partition coefficient (Wildman–Crippen LogP) is 2.99. The van der Waals surface area contributed by atoms with Crippen LogP contribution >= 0.6 is 0 Å². The van der Waals surface area contributed by atoms with Crippen molar-refractivity contribution >= 4 is 17.5 Å². The first-order valence-corrected chi connectivity index (χ1v) is 9.06. The lowest BCUT2D eigenvalue weighted by molar-refractivity contribution is -0.117. The quantitative estimate of drug-likeness (QED) is 0.852. The first-order valence-electron chi connectivity index (χ1n) is 9.06. The highest BCUT2D eigenvalue weighted by Crippen LogP contribution is 2.22. The molecule has 1 heterocycles. The van der Waals surface area contributed by atoms with E-state index in [-0.39, 0.29) is 23.7 Å². The molecule has 0 spiro atoms. The molecule has 0 aromatic heterocycles. The fourth-order valence-corrected chi connectivity index (χ4v) is 3.32. The molecule has 3 rings (SSSR count). The van der Waals surface area contributed by atoms with Crippen molar-refractivity contribution in [1.29, 1.82) is 0 Å². The second kappa shape index (κ2) is 8.31. The van der Waals surface area contributed by atoms with Crippen molar-refractivity contribution in [2.45, 2.75) is 18.9 Å². The van der Waals surface area contributed by atoms with Crippen LogP contribution in [0.2, 0.25) is 0 Å². The summed E-state index contributed by atoms with van der Waals surface area (Å²) in [5, 5.41) is 2.91. The lowest BCUT2D eigenvalue weighted by Crippen LogP contribution is -2.34. The van der Waals surface area contributed by atoms with Gasteiger partial charge in [-0.25, -0.2) is 4.39 Å². The van der Waals surface area contributed by atoms with Crippen LogP contribution in [0.3, 0.4) is 0 Å². The van der Waals surface area contributed by atoms with E-state index < -0.39 is 0 Å². The largest absolute Gasteiger partial charge is 0.350 e. The van der Waals surface area contributed by atoms with Crippen LogP contribution < -0.4 is 10.2 Å². The molecule has 1 atom stereocenters. The third-order valence-corrected chi connectivity index (χ3v) is 4.83. The molecule has 2 aromatic rings. The highest BCUT2D eigenvalue weighted by atomic mass is 19.1. The summed E-state index contributed by atoms with van der Waals surface area (Å²) in [5.41, 5.74) is 2.16. The zero-order valence-corrected chi connectivity index (χ0v) is 15.6. The summed E-state index contributed by atoms with van der Waals surface area (Å²) in [6.45, 7) is 1.09. The van der Waals surface area contributed by atoms with Gasteiger partial charge in [-0.1, -0.05) is 12.1 Å². The van der Waals surface area contributed by atoms with E-state index in [1.165, 1.54) is 12.1 Å². The summed E-state index contributed by atoms with van der Waals surface area (Å²) in [6.07, 6.45) is 1.45. The second-order valence-electron chi connectivity index (χ2n) is 6.94. The highest BCUT2D eigenvalue weighted by molar-refractivity contribution is 5.97. The Morgan fingerprint density at radius 1 is 1.22 bits per heavy atom. The van der Waals surface area contributed by atoms with Gasteiger partial charge in [-0.3, -0.25) is 9.59 Å². The third-order valence-electron chi connectivity index (χ3n) is 4.83. The highest BCUT2D eigenvalue weighted by Gasteiger charge is 2.22. The number of anilines is 1. The predicted molar refractivity (Wildman–Crippen MR) is 103 cm³/mol. The van der Waals surface area contributed by atoms with Gasteiger partial charge in [0.15, 0.2) is 0 Å². The van der Waals surface area contributed by atoms with Crippen molar-refractivity contribution in [2.24, 2.45) is 0 Å². The molecule has 2 aromatic carbocycles. The molecule has 0 radical (unpaired) electrons. The molecular weight excluding hydrogens is 345 g/mol. The zero-order chi connectivity index (χ0) is 19.4. The van der Waals surface area contributed by atoms with E-state index in [1.54, 1.807) is 35.2 Å². The molecule has 1 saturated heterocycles. The monoisotopic (exact) mass is 369 g/mol. The van der Waals surface area contributed by atoms with Crippen molar-refractivity contribution < 1.29 is 14.0 Å². The van der Waals surface area contributed by atoms with Crippen molar-refractivity contribution in [3.8, 4) is 0 Å². The molecule has 6 heteroatoms. The molecule has 0 aliphatic carbocycles. The Hall–Kier alpha value is -2.73. The molecule has 142 valence electrons. The molecular formula is C21H24FN3O2. The molecule has 2 amide bonds. The van der Waals surface area contributed by atoms with E-state index in [0.717, 1.165) is 24.2 Å². The molecule has 1 aliphatic rings. The average Bonchev–Trinajstić information content (AvgIpc) is 3.07. The number of amides is 2. The van der Waals surface area contributed by atoms with Crippen molar-refractivity contribution in [1.82, 2.24) is 10.2 Å². The Morgan fingerprint density at radius 2 is 1.96 bits per heavy atom. The first kappa shape index (κ1) is 19.0. The second-order valence-corrected chi connectivity index (χ2v) is 6.94. The van der Waals surface area contributed by atoms with E-state index in [2.05, 4.69) is 5.32 Å². The molecule has 27 heavy (non-hydrogen) atoms. The summed E-state index contributed by atoms with van der Waals surface area (Å²) < 4.78 is 13.5. The Kier molecular flexibility index (Phi) is 5.86. The zero-order valence-electron chi connectivity index (χ0n) is 15.6. The number of benzene rings is 2. The van der Waals surface area contributed by atoms with Gasteiger partial charge in [0, 0.05) is 30.8 Å². The number of nitrogens with zero attached hydrogens (tertiary/aromatic N) is 2. The minimum atomic E-state index is -0.294. The van der Waals surface area contributed by atoms with Gasteiger partial charge in [-0.15, -0.1) is 0 Å². The Balaban J connectivity index is 1.64. The van der Waals surface area contributed by atoms with Crippen molar-refractivity contribution in [3.63, 3.8) is 0 Å². The lowest BCUT2D eigenvalue weighted by atomic mass is 10.1. The van der Waals surface area contributed by atoms with Crippen LogP contribution in [0.5, 0.6) is 0 Å². The number of likely N-dealkylation sites (N-methyl/N-ethyl adjacent to an activating group) is 1. The minimum Gasteiger partial charge on any atom is -0.350 e. The number of hydrogen-bond donors (Lipinski definition) is 1. The Labute approximate surface area is 158 Å². The molecule has 5 nitrogen and oxygen atoms in total. The molecule has 0 bridgehead atoms. The van der Waals surface area contributed by atoms with Gasteiger partial charge < -0.3 is 15.1 Å². The number of nitrogens with one attached hydrogen (secondary N) is 1. The fraction of sp³-hybridized carbons (Fsp3) is 0.333. The standard InChI is InChI=1S/C21H24FN3O2/c1-24(2)19(16-5-3-6-17(22)13-16)14-23-21(27)15-8-10-18(11-9-15)25-12-4-7-20(25)26/h3,5-6,8-11,13,19H,4,7,12,14H2,1-2H3,(H,23,27)/t19-/m1/s1. The molecule has 1 fully saturated rings. The van der Waals surface area contributed by atoms with Gasteiger partial charge in [0.1, 0.15) is 5.82 Å². The minimum absolute atomic E-state index is 0.121. The van der Waals surface area contributed by atoms with E-state index >= 15 is 0 Å². The number of rotatable bonds is 6. The van der Waals surface area contributed by atoms with Gasteiger partial charge in [-0.2, -0.15) is 0 Å². The summed E-state index contributed by atoms with van der Waals surface area (Å²) in [4.78, 5) is 28.0. The van der Waals surface area contributed by atoms with Crippen LogP contribution in [0.25, 0.3) is 0 Å². The smallest absolute Gasteiger partial charge is 0.251 e. The van der Waals surface area contributed by atoms with E-state index in [9.17, 15) is 14.0 Å². The van der Waals surface area contributed by atoms with Crippen molar-refractivity contribution in [2.75, 3.05) is 32.1 Å². The Morgan fingerprint density at radius 3 is 2.56 bits per heavy atom. The van der Waals surface area contributed by atoms with Gasteiger partial charge in [-0.05, 0) is 62.5 Å². The van der Waals surface area contributed by atoms with Crippen molar-refractivity contribution in [3.05, 3.63) is 65.5 Å².